The van der Waals surface area contributed by atoms with E-state index in [0.717, 1.165) is 0 Å². The lowest BCUT2D eigenvalue weighted by molar-refractivity contribution is 0.390. The van der Waals surface area contributed by atoms with E-state index in [1.165, 1.54) is 6.92 Å². The van der Waals surface area contributed by atoms with E-state index in [9.17, 15) is 13.2 Å². The van der Waals surface area contributed by atoms with Gasteiger partial charge in [-0.2, -0.15) is 0 Å². The molecule has 0 amide bonds. The highest BCUT2D eigenvalue weighted by atomic mass is 32.2. The number of aromatic amines is 1. The van der Waals surface area contributed by atoms with Crippen LogP contribution in [-0.2, 0) is 16.4 Å². The molecule has 0 aliphatic heterocycles. The van der Waals surface area contributed by atoms with Crippen molar-refractivity contribution in [2.75, 3.05) is 6.54 Å². The van der Waals surface area contributed by atoms with Gasteiger partial charge in [-0.3, -0.25) is 4.79 Å². The zero-order chi connectivity index (χ0) is 17.3. The van der Waals surface area contributed by atoms with Crippen LogP contribution in [0.1, 0.15) is 17.3 Å². The summed E-state index contributed by atoms with van der Waals surface area (Å²) in [5.74, 6) is 0.650. The number of aryl methyl sites for hydroxylation is 2. The number of para-hydroxylation sites is 1. The maximum absolute atomic E-state index is 12.3. The molecule has 3 rings (SSSR count). The first kappa shape index (κ1) is 16.3. The average molecular weight is 348 g/mol. The number of H-pyrrole nitrogens is 1. The molecule has 2 heterocycles. The lowest BCUT2D eigenvalue weighted by Crippen LogP contribution is -2.27. The van der Waals surface area contributed by atoms with Crippen LogP contribution in [0.3, 0.4) is 0 Å². The van der Waals surface area contributed by atoms with Crippen LogP contribution in [0.5, 0.6) is 0 Å². The molecule has 0 spiro atoms. The van der Waals surface area contributed by atoms with Gasteiger partial charge in [0.1, 0.15) is 16.4 Å². The Balaban J connectivity index is 1.76. The minimum atomic E-state index is -3.73. The smallest absolute Gasteiger partial charge is 0.258 e. The van der Waals surface area contributed by atoms with E-state index in [4.69, 9.17) is 4.52 Å². The van der Waals surface area contributed by atoms with Crippen LogP contribution >= 0.6 is 0 Å². The molecule has 0 aliphatic rings. The van der Waals surface area contributed by atoms with Crippen molar-refractivity contribution >= 4 is 20.9 Å². The van der Waals surface area contributed by atoms with E-state index in [2.05, 4.69) is 19.8 Å². The van der Waals surface area contributed by atoms with Crippen LogP contribution in [-0.4, -0.2) is 30.1 Å². The van der Waals surface area contributed by atoms with Gasteiger partial charge in [0.2, 0.25) is 10.0 Å². The third-order valence-corrected chi connectivity index (χ3v) is 5.26. The SMILES string of the molecule is Cc1noc(C)c1S(=O)(=O)NCCc1nc2ccccc2c(=O)[nH]1. The summed E-state index contributed by atoms with van der Waals surface area (Å²) in [7, 11) is -3.73. The first-order chi connectivity index (χ1) is 11.4. The van der Waals surface area contributed by atoms with Gasteiger partial charge in [0.15, 0.2) is 5.76 Å². The Kier molecular flexibility index (Phi) is 4.20. The molecule has 0 saturated carbocycles. The third-order valence-electron chi connectivity index (χ3n) is 3.55. The zero-order valence-corrected chi connectivity index (χ0v) is 14.0. The Morgan fingerprint density at radius 2 is 2.00 bits per heavy atom. The molecule has 9 heteroatoms. The second-order valence-electron chi connectivity index (χ2n) is 5.33. The summed E-state index contributed by atoms with van der Waals surface area (Å²) in [5.41, 5.74) is 0.631. The van der Waals surface area contributed by atoms with Crippen LogP contribution in [0.4, 0.5) is 0 Å². The highest BCUT2D eigenvalue weighted by Gasteiger charge is 2.23. The molecule has 0 unspecified atom stereocenters. The number of benzene rings is 1. The molecule has 0 bridgehead atoms. The monoisotopic (exact) mass is 348 g/mol. The summed E-state index contributed by atoms with van der Waals surface area (Å²) in [6.07, 6.45) is 0.253. The van der Waals surface area contributed by atoms with Crippen molar-refractivity contribution in [2.45, 2.75) is 25.2 Å². The lowest BCUT2D eigenvalue weighted by atomic mass is 10.2. The topological polar surface area (TPSA) is 118 Å². The molecule has 8 nitrogen and oxygen atoms in total. The fourth-order valence-electron chi connectivity index (χ4n) is 2.49. The van der Waals surface area contributed by atoms with Crippen molar-refractivity contribution in [2.24, 2.45) is 0 Å². The minimum absolute atomic E-state index is 0.0439. The molecule has 0 aliphatic carbocycles. The van der Waals surface area contributed by atoms with E-state index in [1.54, 1.807) is 31.2 Å². The van der Waals surface area contributed by atoms with Gasteiger partial charge in [-0.25, -0.2) is 18.1 Å². The van der Waals surface area contributed by atoms with Gasteiger partial charge in [-0.05, 0) is 26.0 Å². The van der Waals surface area contributed by atoms with Gasteiger partial charge in [0, 0.05) is 13.0 Å². The Bertz CT molecular complexity index is 1030. The summed E-state index contributed by atoms with van der Waals surface area (Å²) >= 11 is 0. The first-order valence-electron chi connectivity index (χ1n) is 7.29. The minimum Gasteiger partial charge on any atom is -0.360 e. The van der Waals surface area contributed by atoms with E-state index in [0.29, 0.717) is 22.4 Å². The number of nitrogens with zero attached hydrogens (tertiary/aromatic N) is 2. The van der Waals surface area contributed by atoms with Crippen LogP contribution in [0.15, 0.2) is 38.5 Å². The number of hydrogen-bond acceptors (Lipinski definition) is 6. The largest absolute Gasteiger partial charge is 0.360 e. The van der Waals surface area contributed by atoms with Gasteiger partial charge in [0.25, 0.3) is 5.56 Å². The second-order valence-corrected chi connectivity index (χ2v) is 7.03. The summed E-state index contributed by atoms with van der Waals surface area (Å²) in [6.45, 7) is 3.19. The van der Waals surface area contributed by atoms with E-state index < -0.39 is 10.0 Å². The second kappa shape index (κ2) is 6.17. The number of rotatable bonds is 5. The van der Waals surface area contributed by atoms with Crippen molar-refractivity contribution in [3.8, 4) is 0 Å². The molecule has 2 aromatic heterocycles. The summed E-state index contributed by atoms with van der Waals surface area (Å²) in [4.78, 5) is 19.0. The fraction of sp³-hybridized carbons (Fsp3) is 0.267. The molecule has 3 aromatic rings. The van der Waals surface area contributed by atoms with Crippen molar-refractivity contribution in [3.63, 3.8) is 0 Å². The molecular weight excluding hydrogens is 332 g/mol. The zero-order valence-electron chi connectivity index (χ0n) is 13.2. The number of nitrogens with one attached hydrogen (secondary N) is 2. The third kappa shape index (κ3) is 3.08. The van der Waals surface area contributed by atoms with Gasteiger partial charge >= 0.3 is 0 Å². The number of sulfonamides is 1. The van der Waals surface area contributed by atoms with Gasteiger partial charge in [0.05, 0.1) is 10.9 Å². The molecule has 0 atom stereocenters. The average Bonchev–Trinajstić information content (AvgIpc) is 2.87. The van der Waals surface area contributed by atoms with E-state index >= 15 is 0 Å². The van der Waals surface area contributed by atoms with Crippen molar-refractivity contribution in [3.05, 3.63) is 51.9 Å². The quantitative estimate of drug-likeness (QED) is 0.711. The normalized spacial score (nSPS) is 11.9. The molecule has 0 radical (unpaired) electrons. The van der Waals surface area contributed by atoms with Crippen LogP contribution in [0.2, 0.25) is 0 Å². The maximum Gasteiger partial charge on any atom is 0.258 e. The van der Waals surface area contributed by atoms with Gasteiger partial charge in [-0.1, -0.05) is 17.3 Å². The highest BCUT2D eigenvalue weighted by Crippen LogP contribution is 2.18. The Morgan fingerprint density at radius 3 is 2.71 bits per heavy atom. The molecule has 1 aromatic carbocycles. The van der Waals surface area contributed by atoms with Crippen molar-refractivity contribution < 1.29 is 12.9 Å². The molecule has 24 heavy (non-hydrogen) atoms. The molecule has 0 fully saturated rings. The number of aromatic nitrogens is 3. The first-order valence-corrected chi connectivity index (χ1v) is 8.77. The summed E-state index contributed by atoms with van der Waals surface area (Å²) < 4.78 is 32.0. The predicted octanol–water partition coefficient (Wildman–Crippen LogP) is 1.05. The van der Waals surface area contributed by atoms with Crippen LogP contribution in [0.25, 0.3) is 10.9 Å². The Morgan fingerprint density at radius 1 is 1.25 bits per heavy atom. The predicted molar refractivity (Wildman–Crippen MR) is 87.2 cm³/mol. The molecule has 0 saturated heterocycles. The number of hydrogen-bond donors (Lipinski definition) is 2. The summed E-state index contributed by atoms with van der Waals surface area (Å²) in [6, 6.07) is 6.97. The van der Waals surface area contributed by atoms with Crippen molar-refractivity contribution in [1.82, 2.24) is 19.8 Å². The van der Waals surface area contributed by atoms with E-state index in [1.807, 2.05) is 0 Å². The van der Waals surface area contributed by atoms with Crippen LogP contribution in [0, 0.1) is 13.8 Å². The van der Waals surface area contributed by atoms with Gasteiger partial charge in [-0.15, -0.1) is 0 Å². The molecule has 126 valence electrons. The lowest BCUT2D eigenvalue weighted by Gasteiger charge is -2.06. The molecular formula is C15H16N4O4S. The van der Waals surface area contributed by atoms with Crippen molar-refractivity contribution in [1.29, 1.82) is 0 Å². The fourth-order valence-corrected chi connectivity index (χ4v) is 3.84. The molecule has 2 N–H and O–H groups in total. The highest BCUT2D eigenvalue weighted by molar-refractivity contribution is 7.89. The Labute approximate surface area is 138 Å². The Hall–Kier alpha value is -2.52. The standard InChI is InChI=1S/C15H16N4O4S/c1-9-14(10(2)23-19-9)24(21,22)16-8-7-13-17-12-6-4-3-5-11(12)15(20)18-13/h3-6,16H,7-8H2,1-2H3,(H,17,18,20). The maximum atomic E-state index is 12.3. The van der Waals surface area contributed by atoms with Gasteiger partial charge < -0.3 is 9.51 Å². The number of fused-ring (bicyclic) bond motifs is 1. The van der Waals surface area contributed by atoms with E-state index in [-0.39, 0.29) is 29.2 Å². The van der Waals surface area contributed by atoms with Crippen LogP contribution < -0.4 is 10.3 Å². The summed E-state index contributed by atoms with van der Waals surface area (Å²) in [5, 5.41) is 4.14.